The lowest BCUT2D eigenvalue weighted by Crippen LogP contribution is -2.18. The molecule has 0 unspecified atom stereocenters. The summed E-state index contributed by atoms with van der Waals surface area (Å²) >= 11 is 10.1. The summed E-state index contributed by atoms with van der Waals surface area (Å²) in [5, 5.41) is -2.12. The second-order valence-corrected chi connectivity index (χ2v) is 3.49. The molecule has 0 spiro atoms. The highest BCUT2D eigenvalue weighted by Crippen LogP contribution is 2.29. The zero-order valence-electron chi connectivity index (χ0n) is 7.85. The Kier molecular flexibility index (Phi) is 4.00. The molecule has 0 fully saturated rings. The molecule has 3 nitrogen and oxygen atoms in total. The van der Waals surface area contributed by atoms with E-state index in [4.69, 9.17) is 23.2 Å². The fourth-order valence-electron chi connectivity index (χ4n) is 1.02. The number of ether oxygens (including phenoxy) is 1. The van der Waals surface area contributed by atoms with E-state index < -0.39 is 28.2 Å². The van der Waals surface area contributed by atoms with Crippen LogP contribution < -0.4 is 4.74 Å². The predicted octanol–water partition coefficient (Wildman–Crippen LogP) is 3.34. The Morgan fingerprint density at radius 1 is 1.12 bits per heavy atom. The van der Waals surface area contributed by atoms with Gasteiger partial charge in [-0.1, -0.05) is 0 Å². The lowest BCUT2D eigenvalue weighted by molar-refractivity contribution is -0.274. The van der Waals surface area contributed by atoms with Crippen LogP contribution in [0.15, 0.2) is 18.2 Å². The van der Waals surface area contributed by atoms with E-state index >= 15 is 0 Å². The number of carbonyl (C=O) groups excluding carboxylic acids is 2. The average Bonchev–Trinajstić information content (AvgIpc) is 2.14. The molecule has 0 aromatic heterocycles. The van der Waals surface area contributed by atoms with Gasteiger partial charge in [-0.15, -0.1) is 13.2 Å². The number of carbonyl (C=O) groups is 2. The molecule has 17 heavy (non-hydrogen) atoms. The molecule has 0 heterocycles. The van der Waals surface area contributed by atoms with Crippen LogP contribution in [0, 0.1) is 0 Å². The van der Waals surface area contributed by atoms with Crippen molar-refractivity contribution in [1.29, 1.82) is 0 Å². The van der Waals surface area contributed by atoms with E-state index in [9.17, 15) is 22.8 Å². The number of halogens is 5. The first-order chi connectivity index (χ1) is 7.70. The van der Waals surface area contributed by atoms with Gasteiger partial charge in [0.15, 0.2) is 0 Å². The summed E-state index contributed by atoms with van der Waals surface area (Å²) in [4.78, 5) is 21.6. The molecule has 0 radical (unpaired) electrons. The number of benzene rings is 1. The van der Waals surface area contributed by atoms with E-state index in [-0.39, 0.29) is 5.56 Å². The minimum absolute atomic E-state index is 0.243. The van der Waals surface area contributed by atoms with E-state index in [0.717, 1.165) is 12.1 Å². The minimum Gasteiger partial charge on any atom is -0.405 e. The molecular weight excluding hydrogens is 284 g/mol. The van der Waals surface area contributed by atoms with Gasteiger partial charge < -0.3 is 4.74 Å². The highest BCUT2D eigenvalue weighted by atomic mass is 35.5. The van der Waals surface area contributed by atoms with Crippen molar-refractivity contribution in [2.75, 3.05) is 0 Å². The second-order valence-electron chi connectivity index (χ2n) is 2.81. The van der Waals surface area contributed by atoms with Crippen LogP contribution in [0.4, 0.5) is 13.2 Å². The summed E-state index contributed by atoms with van der Waals surface area (Å²) in [6, 6.07) is 2.68. The fraction of sp³-hybridized carbons (Fsp3) is 0.111. The summed E-state index contributed by atoms with van der Waals surface area (Å²) in [5.74, 6) is -0.871. The van der Waals surface area contributed by atoms with Gasteiger partial charge >= 0.3 is 6.36 Å². The molecular formula is C9H3Cl2F3O3. The van der Waals surface area contributed by atoms with Crippen molar-refractivity contribution < 1.29 is 27.5 Å². The van der Waals surface area contributed by atoms with Gasteiger partial charge in [0.2, 0.25) is 0 Å². The van der Waals surface area contributed by atoms with Crippen LogP contribution in [0.3, 0.4) is 0 Å². The Morgan fingerprint density at radius 2 is 1.71 bits per heavy atom. The molecule has 1 rings (SSSR count). The van der Waals surface area contributed by atoms with E-state index in [2.05, 4.69) is 4.74 Å². The standard InChI is InChI=1S/C9H3Cl2F3O3/c10-7(15)4-1-2-5(8(11)16)6(3-4)17-9(12,13)14/h1-3H. The molecule has 0 aliphatic heterocycles. The Bertz CT molecular complexity index is 471. The van der Waals surface area contributed by atoms with Crippen LogP contribution in [-0.4, -0.2) is 16.8 Å². The van der Waals surface area contributed by atoms with Crippen molar-refractivity contribution in [3.05, 3.63) is 29.3 Å². The monoisotopic (exact) mass is 286 g/mol. The van der Waals surface area contributed by atoms with Crippen molar-refractivity contribution >= 4 is 33.7 Å². The first kappa shape index (κ1) is 13.8. The van der Waals surface area contributed by atoms with Crippen LogP contribution in [0.1, 0.15) is 20.7 Å². The maximum atomic E-state index is 12.0. The summed E-state index contributed by atoms with van der Waals surface area (Å²) in [6.45, 7) is 0. The summed E-state index contributed by atoms with van der Waals surface area (Å²) < 4.78 is 39.6. The SMILES string of the molecule is O=C(Cl)c1ccc(C(=O)Cl)c(OC(F)(F)F)c1. The third-order valence-corrected chi connectivity index (χ3v) is 2.07. The Balaban J connectivity index is 3.25. The minimum atomic E-state index is -5.00. The topological polar surface area (TPSA) is 43.4 Å². The maximum Gasteiger partial charge on any atom is 0.573 e. The van der Waals surface area contributed by atoms with Gasteiger partial charge in [0, 0.05) is 5.56 Å². The van der Waals surface area contributed by atoms with Gasteiger partial charge in [-0.25, -0.2) is 0 Å². The zero-order valence-corrected chi connectivity index (χ0v) is 9.36. The normalized spacial score (nSPS) is 11.1. The Hall–Kier alpha value is -1.27. The van der Waals surface area contributed by atoms with Crippen molar-refractivity contribution in [3.63, 3.8) is 0 Å². The van der Waals surface area contributed by atoms with Crippen molar-refractivity contribution in [2.24, 2.45) is 0 Å². The molecule has 1 aromatic rings. The zero-order chi connectivity index (χ0) is 13.2. The highest BCUT2D eigenvalue weighted by molar-refractivity contribution is 6.68. The Morgan fingerprint density at radius 3 is 2.12 bits per heavy atom. The van der Waals surface area contributed by atoms with Gasteiger partial charge in [0.05, 0.1) is 5.56 Å². The first-order valence-corrected chi connectivity index (χ1v) is 4.76. The van der Waals surface area contributed by atoms with E-state index in [1.807, 2.05) is 0 Å². The van der Waals surface area contributed by atoms with Crippen molar-refractivity contribution in [1.82, 2.24) is 0 Å². The molecule has 0 N–H and O–H groups in total. The van der Waals surface area contributed by atoms with Gasteiger partial charge in [0.1, 0.15) is 5.75 Å². The average molecular weight is 287 g/mol. The largest absolute Gasteiger partial charge is 0.573 e. The predicted molar refractivity (Wildman–Crippen MR) is 53.5 cm³/mol. The van der Waals surface area contributed by atoms with Crippen LogP contribution >= 0.6 is 23.2 Å². The highest BCUT2D eigenvalue weighted by Gasteiger charge is 2.33. The molecule has 92 valence electrons. The van der Waals surface area contributed by atoms with Crippen LogP contribution in [0.5, 0.6) is 5.75 Å². The number of hydrogen-bond donors (Lipinski definition) is 0. The Labute approximate surface area is 103 Å². The van der Waals surface area contributed by atoms with Crippen LogP contribution in [0.2, 0.25) is 0 Å². The summed E-state index contributed by atoms with van der Waals surface area (Å²) in [5.41, 5.74) is -0.752. The third kappa shape index (κ3) is 3.90. The quantitative estimate of drug-likeness (QED) is 0.801. The molecule has 0 bridgehead atoms. The smallest absolute Gasteiger partial charge is 0.405 e. The maximum absolute atomic E-state index is 12.0. The van der Waals surface area contributed by atoms with Gasteiger partial charge in [-0.05, 0) is 41.4 Å². The van der Waals surface area contributed by atoms with Gasteiger partial charge in [0.25, 0.3) is 10.5 Å². The molecule has 0 saturated heterocycles. The van der Waals surface area contributed by atoms with Crippen molar-refractivity contribution in [2.45, 2.75) is 6.36 Å². The van der Waals surface area contributed by atoms with Crippen LogP contribution in [-0.2, 0) is 0 Å². The van der Waals surface area contributed by atoms with Gasteiger partial charge in [-0.2, -0.15) is 0 Å². The molecule has 8 heteroatoms. The molecule has 0 amide bonds. The van der Waals surface area contributed by atoms with E-state index in [1.54, 1.807) is 0 Å². The number of alkyl halides is 3. The third-order valence-electron chi connectivity index (χ3n) is 1.65. The van der Waals surface area contributed by atoms with E-state index in [1.165, 1.54) is 0 Å². The lowest BCUT2D eigenvalue weighted by Gasteiger charge is -2.11. The fourth-order valence-corrected chi connectivity index (χ4v) is 1.29. The molecule has 0 aliphatic rings. The van der Waals surface area contributed by atoms with Crippen LogP contribution in [0.25, 0.3) is 0 Å². The number of rotatable bonds is 3. The number of hydrogen-bond acceptors (Lipinski definition) is 3. The molecule has 0 atom stereocenters. The summed E-state index contributed by atoms with van der Waals surface area (Å²) in [7, 11) is 0. The van der Waals surface area contributed by atoms with E-state index in [0.29, 0.717) is 6.07 Å². The molecule has 1 aromatic carbocycles. The summed E-state index contributed by atoms with van der Waals surface area (Å²) in [6.07, 6.45) is -5.00. The molecule has 0 saturated carbocycles. The molecule has 0 aliphatic carbocycles. The lowest BCUT2D eigenvalue weighted by atomic mass is 10.1. The van der Waals surface area contributed by atoms with Gasteiger partial charge in [-0.3, -0.25) is 9.59 Å². The second kappa shape index (κ2) is 4.93. The first-order valence-electron chi connectivity index (χ1n) is 4.00. The van der Waals surface area contributed by atoms with Crippen molar-refractivity contribution in [3.8, 4) is 5.75 Å².